The summed E-state index contributed by atoms with van der Waals surface area (Å²) in [6.07, 6.45) is 5.48. The van der Waals surface area contributed by atoms with Gasteiger partial charge in [-0.3, -0.25) is 4.99 Å². The molecule has 1 fully saturated rings. The van der Waals surface area contributed by atoms with Gasteiger partial charge in [0.2, 0.25) is 0 Å². The number of hydrogen-bond acceptors (Lipinski definition) is 4. The van der Waals surface area contributed by atoms with Crippen molar-refractivity contribution >= 4 is 12.1 Å². The molecule has 0 aromatic carbocycles. The molecule has 0 aromatic heterocycles. The third kappa shape index (κ3) is 8.82. The van der Waals surface area contributed by atoms with Crippen LogP contribution in [-0.2, 0) is 9.47 Å². The summed E-state index contributed by atoms with van der Waals surface area (Å²) < 4.78 is 10.7. The van der Waals surface area contributed by atoms with E-state index in [1.54, 1.807) is 19.1 Å². The Bertz CT molecular complexity index is 470. The van der Waals surface area contributed by atoms with E-state index in [0.717, 1.165) is 32.0 Å². The number of nitrogens with one attached hydrogen (secondary N) is 2. The van der Waals surface area contributed by atoms with Crippen LogP contribution in [0, 0.1) is 5.41 Å². The zero-order valence-corrected chi connectivity index (χ0v) is 18.2. The summed E-state index contributed by atoms with van der Waals surface area (Å²) in [6, 6.07) is 0. The van der Waals surface area contributed by atoms with Crippen molar-refractivity contribution in [2.45, 2.75) is 65.4 Å². The number of carbonyl (C=O) groups excluding carboxylic acids is 1. The quantitative estimate of drug-likeness (QED) is 0.447. The first-order valence-corrected chi connectivity index (χ1v) is 10.2. The summed E-state index contributed by atoms with van der Waals surface area (Å²) >= 11 is 0. The van der Waals surface area contributed by atoms with Crippen LogP contribution < -0.4 is 10.6 Å². The summed E-state index contributed by atoms with van der Waals surface area (Å²) in [7, 11) is 3.53. The van der Waals surface area contributed by atoms with Crippen LogP contribution in [0.1, 0.15) is 59.8 Å². The van der Waals surface area contributed by atoms with Crippen molar-refractivity contribution < 1.29 is 14.3 Å². The summed E-state index contributed by atoms with van der Waals surface area (Å²) in [4.78, 5) is 18.4. The van der Waals surface area contributed by atoms with Crippen LogP contribution in [-0.4, -0.2) is 69.5 Å². The first-order valence-electron chi connectivity index (χ1n) is 10.2. The molecule has 1 aliphatic rings. The normalized spacial score (nSPS) is 16.4. The highest BCUT2D eigenvalue weighted by Gasteiger charge is 2.36. The fourth-order valence-corrected chi connectivity index (χ4v) is 3.20. The number of rotatable bonds is 10. The highest BCUT2D eigenvalue weighted by atomic mass is 16.6. The zero-order chi connectivity index (χ0) is 20.3. The maximum Gasteiger partial charge on any atom is 0.410 e. The van der Waals surface area contributed by atoms with Crippen LogP contribution in [0.15, 0.2) is 4.99 Å². The molecule has 0 spiro atoms. The van der Waals surface area contributed by atoms with Gasteiger partial charge in [-0.1, -0.05) is 13.3 Å². The molecule has 0 aliphatic heterocycles. The SMILES string of the molecule is CCCN(CCNC(=NC)NCC1(CCOC)CCC1)C(=O)OC(C)(C)C. The first kappa shape index (κ1) is 23.5. The predicted molar refractivity (Wildman–Crippen MR) is 110 cm³/mol. The molecule has 1 rings (SSSR count). The van der Waals surface area contributed by atoms with Crippen molar-refractivity contribution in [2.75, 3.05) is 46.9 Å². The van der Waals surface area contributed by atoms with Gasteiger partial charge in [0.05, 0.1) is 0 Å². The molecular formula is C20H40N4O3. The molecule has 1 saturated carbocycles. The van der Waals surface area contributed by atoms with Crippen LogP contribution in [0.4, 0.5) is 4.79 Å². The Morgan fingerprint density at radius 2 is 1.93 bits per heavy atom. The fourth-order valence-electron chi connectivity index (χ4n) is 3.20. The van der Waals surface area contributed by atoms with E-state index < -0.39 is 5.60 Å². The minimum atomic E-state index is -0.479. The second-order valence-electron chi connectivity index (χ2n) is 8.42. The molecule has 2 N–H and O–H groups in total. The van der Waals surface area contributed by atoms with E-state index in [1.807, 2.05) is 20.8 Å². The Hall–Kier alpha value is -1.50. The first-order chi connectivity index (χ1) is 12.7. The lowest BCUT2D eigenvalue weighted by Gasteiger charge is -2.42. The smallest absolute Gasteiger partial charge is 0.410 e. The highest BCUT2D eigenvalue weighted by Crippen LogP contribution is 2.43. The van der Waals surface area contributed by atoms with Gasteiger partial charge in [0.25, 0.3) is 0 Å². The molecule has 0 heterocycles. The lowest BCUT2D eigenvalue weighted by atomic mass is 9.67. The maximum absolute atomic E-state index is 12.3. The van der Waals surface area contributed by atoms with Crippen molar-refractivity contribution in [3.8, 4) is 0 Å². The van der Waals surface area contributed by atoms with Crippen LogP contribution in [0.5, 0.6) is 0 Å². The predicted octanol–water partition coefficient (Wildman–Crippen LogP) is 3.01. The van der Waals surface area contributed by atoms with Gasteiger partial charge in [0, 0.05) is 46.9 Å². The van der Waals surface area contributed by atoms with E-state index in [0.29, 0.717) is 25.0 Å². The third-order valence-corrected chi connectivity index (χ3v) is 4.92. The molecule has 0 radical (unpaired) electrons. The summed E-state index contributed by atoms with van der Waals surface area (Å²) in [5.74, 6) is 0.777. The van der Waals surface area contributed by atoms with Gasteiger partial charge in [0.1, 0.15) is 5.60 Å². The monoisotopic (exact) mass is 384 g/mol. The minimum Gasteiger partial charge on any atom is -0.444 e. The van der Waals surface area contributed by atoms with Gasteiger partial charge in [-0.05, 0) is 51.9 Å². The summed E-state index contributed by atoms with van der Waals surface area (Å²) in [5.41, 5.74) is -0.147. The second kappa shape index (κ2) is 11.4. The number of amides is 1. The number of carbonyl (C=O) groups is 1. The molecule has 0 bridgehead atoms. The second-order valence-corrected chi connectivity index (χ2v) is 8.42. The van der Waals surface area contributed by atoms with E-state index in [2.05, 4.69) is 22.5 Å². The molecule has 1 amide bonds. The third-order valence-electron chi connectivity index (χ3n) is 4.92. The van der Waals surface area contributed by atoms with Gasteiger partial charge in [-0.15, -0.1) is 0 Å². The van der Waals surface area contributed by atoms with E-state index in [-0.39, 0.29) is 6.09 Å². The molecule has 0 aromatic rings. The van der Waals surface area contributed by atoms with Gasteiger partial charge < -0.3 is 25.0 Å². The Balaban J connectivity index is 2.42. The van der Waals surface area contributed by atoms with Crippen LogP contribution in [0.2, 0.25) is 0 Å². The average Bonchev–Trinajstić information content (AvgIpc) is 2.56. The molecule has 0 atom stereocenters. The van der Waals surface area contributed by atoms with Crippen molar-refractivity contribution in [1.82, 2.24) is 15.5 Å². The lowest BCUT2D eigenvalue weighted by molar-refractivity contribution is 0.0253. The van der Waals surface area contributed by atoms with Crippen molar-refractivity contribution in [2.24, 2.45) is 10.4 Å². The molecule has 7 nitrogen and oxygen atoms in total. The molecule has 27 heavy (non-hydrogen) atoms. The van der Waals surface area contributed by atoms with Crippen molar-refractivity contribution in [3.63, 3.8) is 0 Å². The molecular weight excluding hydrogens is 344 g/mol. The van der Waals surface area contributed by atoms with Gasteiger partial charge in [0.15, 0.2) is 5.96 Å². The Labute approximate surface area is 165 Å². The highest BCUT2D eigenvalue weighted by molar-refractivity contribution is 5.79. The zero-order valence-electron chi connectivity index (χ0n) is 18.2. The van der Waals surface area contributed by atoms with E-state index in [4.69, 9.17) is 9.47 Å². The summed E-state index contributed by atoms with van der Waals surface area (Å²) in [5, 5.41) is 6.75. The standard InChI is InChI=1S/C20H40N4O3/c1-7-13-24(18(25)27-19(2,3)4)14-12-22-17(21-5)23-16-20(9-8-10-20)11-15-26-6/h7-16H2,1-6H3,(H2,21,22,23). The van der Waals surface area contributed by atoms with Crippen LogP contribution >= 0.6 is 0 Å². The number of ether oxygens (including phenoxy) is 2. The molecule has 1 aliphatic carbocycles. The number of nitrogens with zero attached hydrogens (tertiary/aromatic N) is 2. The largest absolute Gasteiger partial charge is 0.444 e. The van der Waals surface area contributed by atoms with E-state index in [1.165, 1.54) is 19.3 Å². The number of guanidine groups is 1. The topological polar surface area (TPSA) is 75.2 Å². The summed E-state index contributed by atoms with van der Waals surface area (Å²) in [6.45, 7) is 11.3. The Kier molecular flexibility index (Phi) is 9.91. The van der Waals surface area contributed by atoms with Gasteiger partial charge in [-0.25, -0.2) is 4.79 Å². The molecule has 0 unspecified atom stereocenters. The number of hydrogen-bond donors (Lipinski definition) is 2. The maximum atomic E-state index is 12.3. The van der Waals surface area contributed by atoms with E-state index in [9.17, 15) is 4.79 Å². The number of methoxy groups -OCH3 is 1. The van der Waals surface area contributed by atoms with Gasteiger partial charge >= 0.3 is 6.09 Å². The van der Waals surface area contributed by atoms with Crippen molar-refractivity contribution in [1.29, 1.82) is 0 Å². The van der Waals surface area contributed by atoms with Crippen LogP contribution in [0.25, 0.3) is 0 Å². The van der Waals surface area contributed by atoms with Crippen LogP contribution in [0.3, 0.4) is 0 Å². The molecule has 158 valence electrons. The minimum absolute atomic E-state index is 0.262. The number of aliphatic imine (C=N–C) groups is 1. The lowest BCUT2D eigenvalue weighted by Crippen LogP contribution is -2.48. The van der Waals surface area contributed by atoms with E-state index >= 15 is 0 Å². The Morgan fingerprint density at radius 1 is 1.22 bits per heavy atom. The molecule has 0 saturated heterocycles. The average molecular weight is 385 g/mol. The fraction of sp³-hybridized carbons (Fsp3) is 0.900. The van der Waals surface area contributed by atoms with Crippen molar-refractivity contribution in [3.05, 3.63) is 0 Å². The molecule has 7 heteroatoms. The van der Waals surface area contributed by atoms with Gasteiger partial charge in [-0.2, -0.15) is 0 Å². The Morgan fingerprint density at radius 3 is 2.41 bits per heavy atom.